The van der Waals surface area contributed by atoms with Gasteiger partial charge in [0, 0.05) is 19.6 Å². The molecule has 1 saturated heterocycles. The van der Waals surface area contributed by atoms with Gasteiger partial charge < -0.3 is 15.0 Å². The summed E-state index contributed by atoms with van der Waals surface area (Å²) in [6.07, 6.45) is 1.61. The van der Waals surface area contributed by atoms with Crippen LogP contribution in [0.3, 0.4) is 0 Å². The number of carbonyl (C=O) groups is 1. The summed E-state index contributed by atoms with van der Waals surface area (Å²) in [6.45, 7) is 4.15. The third-order valence-corrected chi connectivity index (χ3v) is 7.01. The number of anilines is 1. The molecule has 2 heterocycles. The van der Waals surface area contributed by atoms with Crippen molar-refractivity contribution in [2.24, 2.45) is 5.92 Å². The van der Waals surface area contributed by atoms with Crippen molar-refractivity contribution >= 4 is 22.8 Å². The maximum absolute atomic E-state index is 13.7. The molecule has 1 amide bonds. The van der Waals surface area contributed by atoms with Gasteiger partial charge in [-0.15, -0.1) is 0 Å². The zero-order valence-corrected chi connectivity index (χ0v) is 21.3. The molecule has 1 aliphatic rings. The number of fused-ring (bicyclic) bond motifs is 1. The number of benzene rings is 3. The average Bonchev–Trinajstić information content (AvgIpc) is 2.94. The van der Waals surface area contributed by atoms with Gasteiger partial charge in [0.15, 0.2) is 5.82 Å². The standard InChI is InChI=1S/C30H32N4O3/c1-21-9-11-23(12-10-21)19-34-27-8-4-3-7-26(27)32-28(30(34)36)33-17-5-6-24(20-33)29(35)31-18-22-13-15-25(37-2)16-14-22/h3-4,7-16,24H,5-6,17-20H2,1-2H3,(H,31,35)/t24-/m0/s1. The van der Waals surface area contributed by atoms with Crippen LogP contribution in [0, 0.1) is 12.8 Å². The van der Waals surface area contributed by atoms with E-state index in [-0.39, 0.29) is 17.4 Å². The molecule has 0 unspecified atom stereocenters. The summed E-state index contributed by atoms with van der Waals surface area (Å²) in [6, 6.07) is 23.6. The number of hydrogen-bond acceptors (Lipinski definition) is 5. The molecular weight excluding hydrogens is 464 g/mol. The lowest BCUT2D eigenvalue weighted by Crippen LogP contribution is -2.45. The molecule has 0 spiro atoms. The molecule has 1 N–H and O–H groups in total. The summed E-state index contributed by atoms with van der Waals surface area (Å²) in [5, 5.41) is 3.06. The van der Waals surface area contributed by atoms with Crippen LogP contribution in [0.4, 0.5) is 5.82 Å². The van der Waals surface area contributed by atoms with E-state index in [2.05, 4.69) is 36.5 Å². The number of rotatable bonds is 7. The van der Waals surface area contributed by atoms with E-state index in [0.29, 0.717) is 32.0 Å². The molecule has 3 aromatic carbocycles. The Balaban J connectivity index is 1.36. The highest BCUT2D eigenvalue weighted by molar-refractivity contribution is 5.80. The first-order valence-corrected chi connectivity index (χ1v) is 12.7. The van der Waals surface area contributed by atoms with Crippen LogP contribution in [-0.4, -0.2) is 35.7 Å². The van der Waals surface area contributed by atoms with E-state index in [1.807, 2.05) is 53.4 Å². The molecule has 5 rings (SSSR count). The predicted octanol–water partition coefficient (Wildman–Crippen LogP) is 4.29. The van der Waals surface area contributed by atoms with Gasteiger partial charge in [-0.25, -0.2) is 4.98 Å². The second kappa shape index (κ2) is 10.9. The largest absolute Gasteiger partial charge is 0.497 e. The maximum Gasteiger partial charge on any atom is 0.294 e. The van der Waals surface area contributed by atoms with Crippen LogP contribution in [0.5, 0.6) is 5.75 Å². The number of amides is 1. The molecule has 37 heavy (non-hydrogen) atoms. The number of hydrogen-bond donors (Lipinski definition) is 1. The van der Waals surface area contributed by atoms with Gasteiger partial charge in [0.2, 0.25) is 5.91 Å². The van der Waals surface area contributed by atoms with E-state index in [1.54, 1.807) is 11.7 Å². The summed E-state index contributed by atoms with van der Waals surface area (Å²) in [4.78, 5) is 33.5. The van der Waals surface area contributed by atoms with E-state index >= 15 is 0 Å². The highest BCUT2D eigenvalue weighted by Crippen LogP contribution is 2.23. The number of nitrogens with zero attached hydrogens (tertiary/aromatic N) is 3. The molecule has 1 fully saturated rings. The van der Waals surface area contributed by atoms with Gasteiger partial charge in [0.1, 0.15) is 5.75 Å². The first kappa shape index (κ1) is 24.6. The smallest absolute Gasteiger partial charge is 0.294 e. The van der Waals surface area contributed by atoms with E-state index in [9.17, 15) is 9.59 Å². The van der Waals surface area contributed by atoms with Crippen LogP contribution in [0.25, 0.3) is 11.0 Å². The second-order valence-electron chi connectivity index (χ2n) is 9.65. The molecular formula is C30H32N4O3. The van der Waals surface area contributed by atoms with Crippen LogP contribution in [-0.2, 0) is 17.9 Å². The van der Waals surface area contributed by atoms with Crippen molar-refractivity contribution < 1.29 is 9.53 Å². The van der Waals surface area contributed by atoms with E-state index < -0.39 is 0 Å². The van der Waals surface area contributed by atoms with Crippen molar-refractivity contribution in [3.8, 4) is 5.75 Å². The number of piperidine rings is 1. The van der Waals surface area contributed by atoms with E-state index in [1.165, 1.54) is 5.56 Å². The lowest BCUT2D eigenvalue weighted by atomic mass is 9.97. The predicted molar refractivity (Wildman–Crippen MR) is 146 cm³/mol. The normalized spacial score (nSPS) is 15.5. The highest BCUT2D eigenvalue weighted by Gasteiger charge is 2.28. The van der Waals surface area contributed by atoms with Crippen molar-refractivity contribution in [1.82, 2.24) is 14.9 Å². The number of nitrogens with one attached hydrogen (secondary N) is 1. The minimum absolute atomic E-state index is 0.00119. The molecule has 0 bridgehead atoms. The van der Waals surface area contributed by atoms with Gasteiger partial charge in [-0.05, 0) is 55.2 Å². The minimum Gasteiger partial charge on any atom is -0.497 e. The van der Waals surface area contributed by atoms with Crippen molar-refractivity contribution in [1.29, 1.82) is 0 Å². The van der Waals surface area contributed by atoms with Crippen LogP contribution in [0.1, 0.15) is 29.5 Å². The van der Waals surface area contributed by atoms with Crippen LogP contribution >= 0.6 is 0 Å². The van der Waals surface area contributed by atoms with Crippen LogP contribution < -0.4 is 20.5 Å². The van der Waals surface area contributed by atoms with Crippen molar-refractivity contribution in [3.63, 3.8) is 0 Å². The Labute approximate surface area is 216 Å². The molecule has 4 aromatic rings. The number of aromatic nitrogens is 2. The summed E-state index contributed by atoms with van der Waals surface area (Å²) in [5.41, 5.74) is 4.71. The fourth-order valence-corrected chi connectivity index (χ4v) is 4.88. The minimum atomic E-state index is -0.204. The topological polar surface area (TPSA) is 76.5 Å². The Morgan fingerprint density at radius 3 is 2.51 bits per heavy atom. The lowest BCUT2D eigenvalue weighted by molar-refractivity contribution is -0.125. The third kappa shape index (κ3) is 5.50. The Morgan fingerprint density at radius 2 is 1.76 bits per heavy atom. The third-order valence-electron chi connectivity index (χ3n) is 7.01. The SMILES string of the molecule is COc1ccc(CNC(=O)[C@H]2CCCN(c3nc4ccccc4n(Cc4ccc(C)cc4)c3=O)C2)cc1. The lowest BCUT2D eigenvalue weighted by Gasteiger charge is -2.32. The highest BCUT2D eigenvalue weighted by atomic mass is 16.5. The van der Waals surface area contributed by atoms with Gasteiger partial charge in [-0.1, -0.05) is 54.1 Å². The summed E-state index contributed by atoms with van der Waals surface area (Å²) in [5.74, 6) is 0.999. The molecule has 0 saturated carbocycles. The zero-order valence-electron chi connectivity index (χ0n) is 21.3. The van der Waals surface area contributed by atoms with Gasteiger partial charge in [0.25, 0.3) is 5.56 Å². The second-order valence-corrected chi connectivity index (χ2v) is 9.65. The number of ether oxygens (including phenoxy) is 1. The van der Waals surface area contributed by atoms with Crippen LogP contribution in [0.15, 0.2) is 77.6 Å². The van der Waals surface area contributed by atoms with Crippen molar-refractivity contribution in [3.05, 3.63) is 99.8 Å². The van der Waals surface area contributed by atoms with Gasteiger partial charge >= 0.3 is 0 Å². The molecule has 7 nitrogen and oxygen atoms in total. The zero-order chi connectivity index (χ0) is 25.8. The van der Waals surface area contributed by atoms with Gasteiger partial charge in [-0.2, -0.15) is 0 Å². The van der Waals surface area contributed by atoms with E-state index in [4.69, 9.17) is 9.72 Å². The molecule has 1 atom stereocenters. The number of aryl methyl sites for hydroxylation is 1. The first-order chi connectivity index (χ1) is 18.0. The van der Waals surface area contributed by atoms with E-state index in [0.717, 1.165) is 40.8 Å². The average molecular weight is 497 g/mol. The molecule has 1 aliphatic heterocycles. The molecule has 0 radical (unpaired) electrons. The van der Waals surface area contributed by atoms with Crippen LogP contribution in [0.2, 0.25) is 0 Å². The van der Waals surface area contributed by atoms with Crippen molar-refractivity contribution in [2.45, 2.75) is 32.9 Å². The molecule has 190 valence electrons. The fraction of sp³-hybridized carbons (Fsp3) is 0.300. The Hall–Kier alpha value is -4.13. The number of methoxy groups -OCH3 is 1. The molecule has 7 heteroatoms. The first-order valence-electron chi connectivity index (χ1n) is 12.7. The maximum atomic E-state index is 13.7. The van der Waals surface area contributed by atoms with Crippen molar-refractivity contribution in [2.75, 3.05) is 25.1 Å². The summed E-state index contributed by atoms with van der Waals surface area (Å²) < 4.78 is 7.00. The van der Waals surface area contributed by atoms with Gasteiger partial charge in [-0.3, -0.25) is 14.2 Å². The Kier molecular flexibility index (Phi) is 7.21. The fourth-order valence-electron chi connectivity index (χ4n) is 4.88. The Morgan fingerprint density at radius 1 is 1.03 bits per heavy atom. The van der Waals surface area contributed by atoms with Gasteiger partial charge in [0.05, 0.1) is 30.6 Å². The monoisotopic (exact) mass is 496 g/mol. The molecule has 0 aliphatic carbocycles. The summed E-state index contributed by atoms with van der Waals surface area (Å²) >= 11 is 0. The summed E-state index contributed by atoms with van der Waals surface area (Å²) in [7, 11) is 1.63. The molecule has 1 aromatic heterocycles. The Bertz CT molecular complexity index is 1440. The number of para-hydroxylation sites is 2. The quantitative estimate of drug-likeness (QED) is 0.413. The number of carbonyl (C=O) groups excluding carboxylic acids is 1.